The number of allylic oxidation sites excluding steroid dienone is 1. The molecule has 0 spiro atoms. The highest BCUT2D eigenvalue weighted by atomic mass is 28.3. The summed E-state index contributed by atoms with van der Waals surface area (Å²) in [5.41, 5.74) is 5.22. The Morgan fingerprint density at radius 2 is 1.63 bits per heavy atom. The Bertz CT molecular complexity index is 430. The molecule has 19 heavy (non-hydrogen) atoms. The van der Waals surface area contributed by atoms with Crippen LogP contribution in [-0.4, -0.2) is 8.80 Å². The molecule has 0 amide bonds. The van der Waals surface area contributed by atoms with E-state index in [-0.39, 0.29) is 0 Å². The van der Waals surface area contributed by atoms with Gasteiger partial charge in [0.25, 0.3) is 0 Å². The molecule has 0 saturated carbocycles. The van der Waals surface area contributed by atoms with Gasteiger partial charge in [0.05, 0.1) is 0 Å². The van der Waals surface area contributed by atoms with Crippen molar-refractivity contribution in [3.63, 3.8) is 0 Å². The molecule has 1 fully saturated rings. The van der Waals surface area contributed by atoms with Crippen molar-refractivity contribution < 1.29 is 0 Å². The Labute approximate surface area is 120 Å². The molecule has 0 nitrogen and oxygen atoms in total. The number of rotatable bonds is 3. The third kappa shape index (κ3) is 3.39. The first-order valence-electron chi connectivity index (χ1n) is 7.65. The van der Waals surface area contributed by atoms with Crippen LogP contribution in [0.3, 0.4) is 0 Å². The van der Waals surface area contributed by atoms with E-state index >= 15 is 0 Å². The molecule has 1 heterocycles. The van der Waals surface area contributed by atoms with Gasteiger partial charge in [-0.05, 0) is 29.0 Å². The van der Waals surface area contributed by atoms with Crippen molar-refractivity contribution in [2.24, 2.45) is 5.41 Å². The lowest BCUT2D eigenvalue weighted by Crippen LogP contribution is -2.29. The van der Waals surface area contributed by atoms with Crippen molar-refractivity contribution in [2.45, 2.75) is 58.2 Å². The second kappa shape index (κ2) is 5.66. The van der Waals surface area contributed by atoms with Gasteiger partial charge in [-0.15, -0.1) is 0 Å². The molecule has 2 rings (SSSR count). The van der Waals surface area contributed by atoms with E-state index in [4.69, 9.17) is 0 Å². The van der Waals surface area contributed by atoms with Crippen LogP contribution in [0, 0.1) is 12.3 Å². The van der Waals surface area contributed by atoms with Gasteiger partial charge in [0.1, 0.15) is 0 Å². The van der Waals surface area contributed by atoms with Crippen LogP contribution in [0.4, 0.5) is 0 Å². The molecular formula is C18H28Si. The standard InChI is InChI=1S/C18H28Si/c1-14-8-10-16(11-9-14)15(2)17(18(3,4)5)19-12-6-7-13-19/h8-11,17,19H,2,6-7,12-13H2,1,3-5H3. The van der Waals surface area contributed by atoms with Crippen LogP contribution >= 0.6 is 0 Å². The Hall–Kier alpha value is -0.823. The predicted molar refractivity (Wildman–Crippen MR) is 89.4 cm³/mol. The Morgan fingerprint density at radius 3 is 2.11 bits per heavy atom. The zero-order valence-electron chi connectivity index (χ0n) is 13.0. The summed E-state index contributed by atoms with van der Waals surface area (Å²) in [6.07, 6.45) is 2.93. The topological polar surface area (TPSA) is 0 Å². The summed E-state index contributed by atoms with van der Waals surface area (Å²) < 4.78 is 0. The smallest absolute Gasteiger partial charge is 0.0456 e. The van der Waals surface area contributed by atoms with E-state index in [1.807, 2.05) is 0 Å². The first-order valence-corrected chi connectivity index (χ1v) is 9.95. The Balaban J connectivity index is 2.27. The van der Waals surface area contributed by atoms with E-state index in [1.54, 1.807) is 0 Å². The van der Waals surface area contributed by atoms with E-state index in [9.17, 15) is 0 Å². The molecule has 1 aromatic rings. The minimum Gasteiger partial charge on any atom is -0.0952 e. The lowest BCUT2D eigenvalue weighted by atomic mass is 9.85. The van der Waals surface area contributed by atoms with E-state index in [2.05, 4.69) is 58.5 Å². The molecule has 1 atom stereocenters. The van der Waals surface area contributed by atoms with Crippen molar-refractivity contribution >= 4 is 14.4 Å². The van der Waals surface area contributed by atoms with Crippen molar-refractivity contribution in [1.82, 2.24) is 0 Å². The SMILES string of the molecule is C=C(c1ccc(C)cc1)C([SiH]1CCCC1)C(C)(C)C. The van der Waals surface area contributed by atoms with E-state index < -0.39 is 8.80 Å². The zero-order valence-corrected chi connectivity index (χ0v) is 14.2. The Morgan fingerprint density at radius 1 is 1.11 bits per heavy atom. The van der Waals surface area contributed by atoms with Gasteiger partial charge in [0.15, 0.2) is 0 Å². The number of benzene rings is 1. The first-order chi connectivity index (χ1) is 8.89. The van der Waals surface area contributed by atoms with Crippen molar-refractivity contribution in [3.05, 3.63) is 42.0 Å². The molecule has 0 radical (unpaired) electrons. The second-order valence-corrected chi connectivity index (χ2v) is 10.6. The van der Waals surface area contributed by atoms with Crippen molar-refractivity contribution in [2.75, 3.05) is 0 Å². The third-order valence-electron chi connectivity index (χ3n) is 4.60. The van der Waals surface area contributed by atoms with Gasteiger partial charge in [0.2, 0.25) is 0 Å². The van der Waals surface area contributed by atoms with Crippen LogP contribution in [-0.2, 0) is 0 Å². The minimum atomic E-state index is -0.660. The molecule has 1 heteroatoms. The van der Waals surface area contributed by atoms with Gasteiger partial charge in [0, 0.05) is 8.80 Å². The fraction of sp³-hybridized carbons (Fsp3) is 0.556. The van der Waals surface area contributed by atoms with Crippen LogP contribution in [0.2, 0.25) is 17.6 Å². The summed E-state index contributed by atoms with van der Waals surface area (Å²) in [4.78, 5) is 0. The maximum Gasteiger partial charge on any atom is 0.0456 e. The highest BCUT2D eigenvalue weighted by Gasteiger charge is 2.36. The normalized spacial score (nSPS) is 18.5. The van der Waals surface area contributed by atoms with E-state index in [0.29, 0.717) is 5.41 Å². The van der Waals surface area contributed by atoms with E-state index in [0.717, 1.165) is 5.54 Å². The van der Waals surface area contributed by atoms with Gasteiger partial charge in [-0.3, -0.25) is 0 Å². The summed E-state index contributed by atoms with van der Waals surface area (Å²) in [5, 5.41) is 0. The number of aryl methyl sites for hydroxylation is 1. The largest absolute Gasteiger partial charge is 0.0952 e. The minimum absolute atomic E-state index is 0.364. The van der Waals surface area contributed by atoms with E-state index in [1.165, 1.54) is 41.6 Å². The zero-order chi connectivity index (χ0) is 14.0. The molecule has 1 aromatic carbocycles. The molecule has 1 aliphatic heterocycles. The molecule has 0 aliphatic carbocycles. The monoisotopic (exact) mass is 272 g/mol. The summed E-state index contributed by atoms with van der Waals surface area (Å²) in [5.74, 6) is 0. The highest BCUT2D eigenvalue weighted by molar-refractivity contribution is 6.63. The second-order valence-electron chi connectivity index (χ2n) is 7.28. The summed E-state index contributed by atoms with van der Waals surface area (Å²) >= 11 is 0. The molecule has 1 saturated heterocycles. The predicted octanol–water partition coefficient (Wildman–Crippen LogP) is 5.45. The van der Waals surface area contributed by atoms with Crippen LogP contribution in [0.1, 0.15) is 44.7 Å². The van der Waals surface area contributed by atoms with Crippen molar-refractivity contribution in [3.8, 4) is 0 Å². The van der Waals surface area contributed by atoms with Crippen LogP contribution in [0.15, 0.2) is 30.8 Å². The van der Waals surface area contributed by atoms with Gasteiger partial charge in [-0.25, -0.2) is 0 Å². The molecule has 0 aromatic heterocycles. The number of hydrogen-bond donors (Lipinski definition) is 0. The van der Waals surface area contributed by atoms with Crippen LogP contribution in [0.5, 0.6) is 0 Å². The lowest BCUT2D eigenvalue weighted by Gasteiger charge is -2.36. The van der Waals surface area contributed by atoms with Gasteiger partial charge in [-0.2, -0.15) is 0 Å². The average Bonchev–Trinajstić information content (AvgIpc) is 2.81. The Kier molecular flexibility index (Phi) is 4.35. The fourth-order valence-electron chi connectivity index (χ4n) is 3.75. The summed E-state index contributed by atoms with van der Waals surface area (Å²) in [6, 6.07) is 12.0. The quantitative estimate of drug-likeness (QED) is 0.642. The lowest BCUT2D eigenvalue weighted by molar-refractivity contribution is 0.421. The highest BCUT2D eigenvalue weighted by Crippen LogP contribution is 2.47. The summed E-state index contributed by atoms with van der Waals surface area (Å²) in [7, 11) is -0.660. The first kappa shape index (κ1) is 14.6. The molecule has 1 aliphatic rings. The molecule has 1 unspecified atom stereocenters. The van der Waals surface area contributed by atoms with Gasteiger partial charge < -0.3 is 0 Å². The maximum atomic E-state index is 4.50. The van der Waals surface area contributed by atoms with Gasteiger partial charge in [-0.1, -0.05) is 82.1 Å². The molecule has 104 valence electrons. The maximum absolute atomic E-state index is 4.50. The van der Waals surface area contributed by atoms with Crippen LogP contribution < -0.4 is 0 Å². The molecular weight excluding hydrogens is 244 g/mol. The molecule has 0 N–H and O–H groups in total. The third-order valence-corrected chi connectivity index (χ3v) is 9.25. The summed E-state index contributed by atoms with van der Waals surface area (Å²) in [6.45, 7) is 13.9. The van der Waals surface area contributed by atoms with Crippen molar-refractivity contribution in [1.29, 1.82) is 0 Å². The van der Waals surface area contributed by atoms with Gasteiger partial charge >= 0.3 is 0 Å². The fourth-order valence-corrected chi connectivity index (χ4v) is 8.51. The molecule has 0 bridgehead atoms. The average molecular weight is 273 g/mol. The van der Waals surface area contributed by atoms with Crippen LogP contribution in [0.25, 0.3) is 5.57 Å². The number of hydrogen-bond acceptors (Lipinski definition) is 0.